The normalized spacial score (nSPS) is 12.7. The van der Waals surface area contributed by atoms with Crippen molar-refractivity contribution < 1.29 is 9.47 Å². The van der Waals surface area contributed by atoms with Crippen molar-refractivity contribution in [2.24, 2.45) is 11.7 Å². The van der Waals surface area contributed by atoms with Crippen molar-refractivity contribution in [1.82, 2.24) is 0 Å². The molecule has 108 valence electrons. The maximum Gasteiger partial charge on any atom is 0.124 e. The van der Waals surface area contributed by atoms with Crippen LogP contribution in [0.3, 0.4) is 0 Å². The number of nitrogens with two attached hydrogens (primary N) is 1. The van der Waals surface area contributed by atoms with Crippen molar-refractivity contribution >= 4 is 11.6 Å². The zero-order chi connectivity index (χ0) is 14.3. The first-order valence-electron chi connectivity index (χ1n) is 6.74. The average molecular weight is 286 g/mol. The zero-order valence-electron chi connectivity index (χ0n) is 12.0. The van der Waals surface area contributed by atoms with Gasteiger partial charge in [-0.25, -0.2) is 0 Å². The second-order valence-corrected chi connectivity index (χ2v) is 5.62. The Kier molecular flexibility index (Phi) is 7.21. The third-order valence-corrected chi connectivity index (χ3v) is 2.89. The maximum atomic E-state index is 6.19. The van der Waals surface area contributed by atoms with Crippen molar-refractivity contribution in [2.45, 2.75) is 33.2 Å². The van der Waals surface area contributed by atoms with Gasteiger partial charge in [0.2, 0.25) is 0 Å². The first-order valence-corrected chi connectivity index (χ1v) is 7.12. The highest BCUT2D eigenvalue weighted by molar-refractivity contribution is 6.31. The van der Waals surface area contributed by atoms with E-state index in [1.54, 1.807) is 0 Å². The Labute approximate surface area is 121 Å². The van der Waals surface area contributed by atoms with Gasteiger partial charge in [-0.05, 0) is 31.4 Å². The van der Waals surface area contributed by atoms with E-state index >= 15 is 0 Å². The maximum absolute atomic E-state index is 6.19. The lowest BCUT2D eigenvalue weighted by molar-refractivity contribution is 0.0816. The van der Waals surface area contributed by atoms with Crippen LogP contribution < -0.4 is 10.5 Å². The minimum Gasteiger partial charge on any atom is -0.491 e. The fourth-order valence-electron chi connectivity index (χ4n) is 1.72. The molecule has 19 heavy (non-hydrogen) atoms. The zero-order valence-corrected chi connectivity index (χ0v) is 12.7. The Morgan fingerprint density at radius 2 is 1.95 bits per heavy atom. The molecule has 0 aromatic heterocycles. The lowest BCUT2D eigenvalue weighted by Crippen LogP contribution is -2.19. The molecule has 0 radical (unpaired) electrons. The standard InChI is InChI=1S/C15H24ClNO2/c1-11(2)10-18-7-8-19-15-6-4-5-14(16)13(15)9-12(3)17/h4-6,11-12H,7-10,17H2,1-3H3. The summed E-state index contributed by atoms with van der Waals surface area (Å²) in [6.07, 6.45) is 0.710. The van der Waals surface area contributed by atoms with E-state index in [0.29, 0.717) is 30.6 Å². The molecule has 0 spiro atoms. The first-order chi connectivity index (χ1) is 9.00. The average Bonchev–Trinajstić information content (AvgIpc) is 2.32. The molecule has 1 aromatic carbocycles. The summed E-state index contributed by atoms with van der Waals surface area (Å²) in [5.41, 5.74) is 6.81. The number of hydrogen-bond donors (Lipinski definition) is 1. The monoisotopic (exact) mass is 285 g/mol. The van der Waals surface area contributed by atoms with Crippen LogP contribution in [0.1, 0.15) is 26.3 Å². The van der Waals surface area contributed by atoms with E-state index in [-0.39, 0.29) is 6.04 Å². The van der Waals surface area contributed by atoms with Crippen molar-refractivity contribution in [2.75, 3.05) is 19.8 Å². The van der Waals surface area contributed by atoms with Gasteiger partial charge in [0.1, 0.15) is 12.4 Å². The van der Waals surface area contributed by atoms with Crippen LogP contribution in [0, 0.1) is 5.92 Å². The van der Waals surface area contributed by atoms with Gasteiger partial charge in [-0.2, -0.15) is 0 Å². The predicted octanol–water partition coefficient (Wildman–Crippen LogP) is 3.28. The van der Waals surface area contributed by atoms with Crippen molar-refractivity contribution in [1.29, 1.82) is 0 Å². The smallest absolute Gasteiger partial charge is 0.124 e. The van der Waals surface area contributed by atoms with Gasteiger partial charge in [0.15, 0.2) is 0 Å². The largest absolute Gasteiger partial charge is 0.491 e. The van der Waals surface area contributed by atoms with Crippen molar-refractivity contribution in [3.63, 3.8) is 0 Å². The molecule has 0 heterocycles. The van der Waals surface area contributed by atoms with Crippen LogP contribution >= 0.6 is 11.6 Å². The van der Waals surface area contributed by atoms with Gasteiger partial charge in [-0.3, -0.25) is 0 Å². The minimum absolute atomic E-state index is 0.0550. The Morgan fingerprint density at radius 1 is 1.21 bits per heavy atom. The molecule has 0 amide bonds. The first kappa shape index (κ1) is 16.3. The second-order valence-electron chi connectivity index (χ2n) is 5.22. The van der Waals surface area contributed by atoms with Gasteiger partial charge in [0, 0.05) is 23.2 Å². The van der Waals surface area contributed by atoms with Crippen LogP contribution in [-0.4, -0.2) is 25.9 Å². The highest BCUT2D eigenvalue weighted by atomic mass is 35.5. The number of benzene rings is 1. The van der Waals surface area contributed by atoms with Crippen LogP contribution in [0.5, 0.6) is 5.75 Å². The SMILES string of the molecule is CC(C)COCCOc1cccc(Cl)c1CC(C)N. The molecule has 0 saturated heterocycles. The topological polar surface area (TPSA) is 44.5 Å². The van der Waals surface area contributed by atoms with E-state index in [4.69, 9.17) is 26.8 Å². The van der Waals surface area contributed by atoms with E-state index in [1.807, 2.05) is 25.1 Å². The number of halogens is 1. The lowest BCUT2D eigenvalue weighted by atomic mass is 10.1. The van der Waals surface area contributed by atoms with Crippen LogP contribution in [0.25, 0.3) is 0 Å². The summed E-state index contributed by atoms with van der Waals surface area (Å²) >= 11 is 6.19. The van der Waals surface area contributed by atoms with E-state index in [0.717, 1.165) is 17.9 Å². The Balaban J connectivity index is 2.50. The molecular formula is C15H24ClNO2. The molecule has 1 unspecified atom stereocenters. The quantitative estimate of drug-likeness (QED) is 0.746. The summed E-state index contributed by atoms with van der Waals surface area (Å²) in [6, 6.07) is 5.73. The van der Waals surface area contributed by atoms with Crippen LogP contribution in [0.15, 0.2) is 18.2 Å². The van der Waals surface area contributed by atoms with Crippen molar-refractivity contribution in [3.8, 4) is 5.75 Å². The summed E-state index contributed by atoms with van der Waals surface area (Å²) in [5, 5.41) is 0.706. The molecule has 2 N–H and O–H groups in total. The Morgan fingerprint density at radius 3 is 2.58 bits per heavy atom. The van der Waals surface area contributed by atoms with Crippen LogP contribution in [0.4, 0.5) is 0 Å². The molecule has 0 aliphatic carbocycles. The fraction of sp³-hybridized carbons (Fsp3) is 0.600. The third kappa shape index (κ3) is 6.28. The fourth-order valence-corrected chi connectivity index (χ4v) is 1.97. The molecule has 3 nitrogen and oxygen atoms in total. The van der Waals surface area contributed by atoms with Crippen molar-refractivity contribution in [3.05, 3.63) is 28.8 Å². The summed E-state index contributed by atoms with van der Waals surface area (Å²) in [5.74, 6) is 1.35. The molecule has 0 aliphatic rings. The minimum atomic E-state index is 0.0550. The Hall–Kier alpha value is -0.770. The van der Waals surface area contributed by atoms with Gasteiger partial charge in [0.05, 0.1) is 6.61 Å². The number of hydrogen-bond acceptors (Lipinski definition) is 3. The van der Waals surface area contributed by atoms with Crippen LogP contribution in [-0.2, 0) is 11.2 Å². The Bertz CT molecular complexity index is 380. The number of rotatable bonds is 8. The molecule has 0 aliphatic heterocycles. The van der Waals surface area contributed by atoms with Crippen LogP contribution in [0.2, 0.25) is 5.02 Å². The van der Waals surface area contributed by atoms with Gasteiger partial charge < -0.3 is 15.2 Å². The van der Waals surface area contributed by atoms with Gasteiger partial charge in [0.25, 0.3) is 0 Å². The molecule has 0 fully saturated rings. The third-order valence-electron chi connectivity index (χ3n) is 2.54. The van der Waals surface area contributed by atoms with Gasteiger partial charge in [-0.15, -0.1) is 0 Å². The second kappa shape index (κ2) is 8.41. The van der Waals surface area contributed by atoms with Gasteiger partial charge >= 0.3 is 0 Å². The van der Waals surface area contributed by atoms with E-state index in [1.165, 1.54) is 0 Å². The molecule has 1 aromatic rings. The highest BCUT2D eigenvalue weighted by Crippen LogP contribution is 2.27. The molecule has 0 saturated carbocycles. The van der Waals surface area contributed by atoms with E-state index in [9.17, 15) is 0 Å². The summed E-state index contributed by atoms with van der Waals surface area (Å²) < 4.78 is 11.2. The predicted molar refractivity (Wildman–Crippen MR) is 80.0 cm³/mol. The molecule has 0 bridgehead atoms. The summed E-state index contributed by atoms with van der Waals surface area (Å²) in [4.78, 5) is 0. The van der Waals surface area contributed by atoms with Gasteiger partial charge in [-0.1, -0.05) is 31.5 Å². The molecule has 4 heteroatoms. The molecule has 1 atom stereocenters. The summed E-state index contributed by atoms with van der Waals surface area (Å²) in [7, 11) is 0. The lowest BCUT2D eigenvalue weighted by Gasteiger charge is -2.15. The van der Waals surface area contributed by atoms with E-state index in [2.05, 4.69) is 13.8 Å². The number of ether oxygens (including phenoxy) is 2. The summed E-state index contributed by atoms with van der Waals surface area (Å²) in [6.45, 7) is 8.07. The molecular weight excluding hydrogens is 262 g/mol. The molecule has 1 rings (SSSR count). The van der Waals surface area contributed by atoms with E-state index < -0.39 is 0 Å². The highest BCUT2D eigenvalue weighted by Gasteiger charge is 2.10.